The third kappa shape index (κ3) is 3.44. The fraction of sp³-hybridized carbons (Fsp3) is 0.667. The van der Waals surface area contributed by atoms with E-state index in [1.54, 1.807) is 10.9 Å². The fourth-order valence-electron chi connectivity index (χ4n) is 3.46. The van der Waals surface area contributed by atoms with Gasteiger partial charge in [-0.25, -0.2) is 19.7 Å². The van der Waals surface area contributed by atoms with Crippen molar-refractivity contribution in [2.75, 3.05) is 18.0 Å². The molecule has 1 saturated carbocycles. The highest BCUT2D eigenvalue weighted by Crippen LogP contribution is 2.31. The molecule has 28 heavy (non-hydrogen) atoms. The van der Waals surface area contributed by atoms with Crippen LogP contribution in [0.25, 0.3) is 11.0 Å². The lowest BCUT2D eigenvalue weighted by Gasteiger charge is -2.22. The Labute approximate surface area is 163 Å². The monoisotopic (exact) mass is 385 g/mol. The molecule has 1 aliphatic heterocycles. The van der Waals surface area contributed by atoms with E-state index in [2.05, 4.69) is 36.0 Å². The first kappa shape index (κ1) is 18.7. The van der Waals surface area contributed by atoms with Gasteiger partial charge in [0.15, 0.2) is 5.65 Å². The van der Waals surface area contributed by atoms with Crippen molar-refractivity contribution >= 4 is 22.7 Å². The summed E-state index contributed by atoms with van der Waals surface area (Å²) < 4.78 is 1.69. The average Bonchev–Trinajstić information content (AvgIpc) is 3.24. The molecule has 1 saturated heterocycles. The smallest absolute Gasteiger partial charge is 0.164 e. The Morgan fingerprint density at radius 3 is 2.64 bits per heavy atom. The highest BCUT2D eigenvalue weighted by molar-refractivity contribution is 5.88. The zero-order valence-electron chi connectivity index (χ0n) is 16.6. The molecule has 4 rings (SSSR count). The summed E-state index contributed by atoms with van der Waals surface area (Å²) in [5.74, 6) is 1.72. The standard InChI is InChI=1S/C18H27N9O/c1-18(2,3)17-22-15(25-7-6-12(28)9-25)13-8-21-26(16(13)23-17)10-14(19)27(24-20)11-4-5-11/h8,11-12,19-20,28H,4-7,9-10H2,1-3H3. The highest BCUT2D eigenvalue weighted by atomic mass is 16.3. The van der Waals surface area contributed by atoms with E-state index >= 15 is 0 Å². The summed E-state index contributed by atoms with van der Waals surface area (Å²) in [6.07, 6.45) is 4.02. The number of anilines is 1. The van der Waals surface area contributed by atoms with Gasteiger partial charge < -0.3 is 10.0 Å². The summed E-state index contributed by atoms with van der Waals surface area (Å²) in [6, 6.07) is 0.160. The minimum atomic E-state index is -0.350. The average molecular weight is 385 g/mol. The molecule has 3 N–H and O–H groups in total. The molecular formula is C18H27N9O. The topological polar surface area (TPSA) is 130 Å². The van der Waals surface area contributed by atoms with E-state index in [1.807, 2.05) is 0 Å². The summed E-state index contributed by atoms with van der Waals surface area (Å²) in [6.45, 7) is 7.67. The first-order valence-electron chi connectivity index (χ1n) is 9.69. The lowest BCUT2D eigenvalue weighted by atomic mass is 9.95. The number of aliphatic hydroxyl groups is 1. The summed E-state index contributed by atoms with van der Waals surface area (Å²) in [7, 11) is 0. The van der Waals surface area contributed by atoms with E-state index in [0.717, 1.165) is 37.0 Å². The van der Waals surface area contributed by atoms with Gasteiger partial charge in [0.2, 0.25) is 0 Å². The second-order valence-electron chi connectivity index (χ2n) is 8.67. The number of β-amino-alcohol motifs (C(OH)–C–C–N with tert-alkyl or cyclic N) is 1. The number of aromatic nitrogens is 4. The van der Waals surface area contributed by atoms with Gasteiger partial charge in [0.05, 0.1) is 23.7 Å². The van der Waals surface area contributed by atoms with Gasteiger partial charge >= 0.3 is 0 Å². The summed E-state index contributed by atoms with van der Waals surface area (Å²) in [5.41, 5.74) is 7.78. The first-order chi connectivity index (χ1) is 13.3. The van der Waals surface area contributed by atoms with Crippen molar-refractivity contribution in [3.63, 3.8) is 0 Å². The Morgan fingerprint density at radius 2 is 2.07 bits per heavy atom. The molecule has 1 unspecified atom stereocenters. The minimum Gasteiger partial charge on any atom is -0.391 e. The highest BCUT2D eigenvalue weighted by Gasteiger charge is 2.32. The van der Waals surface area contributed by atoms with Crippen molar-refractivity contribution in [1.82, 2.24) is 24.8 Å². The Kier molecular flexibility index (Phi) is 4.53. The Morgan fingerprint density at radius 1 is 1.32 bits per heavy atom. The number of hydrogen-bond acceptors (Lipinski definition) is 8. The molecule has 0 bridgehead atoms. The van der Waals surface area contributed by atoms with Crippen LogP contribution in [0.4, 0.5) is 5.82 Å². The number of rotatable bonds is 5. The van der Waals surface area contributed by atoms with E-state index in [4.69, 9.17) is 20.9 Å². The van der Waals surface area contributed by atoms with Crippen molar-refractivity contribution in [3.05, 3.63) is 12.0 Å². The molecule has 0 radical (unpaired) electrons. The van der Waals surface area contributed by atoms with E-state index in [-0.39, 0.29) is 29.9 Å². The van der Waals surface area contributed by atoms with Crippen LogP contribution in [0, 0.1) is 10.9 Å². The molecular weight excluding hydrogens is 358 g/mol. The number of fused-ring (bicyclic) bond motifs is 1. The molecule has 0 aromatic carbocycles. The molecule has 10 heteroatoms. The second kappa shape index (κ2) is 6.77. The molecule has 1 atom stereocenters. The molecule has 0 amide bonds. The van der Waals surface area contributed by atoms with Gasteiger partial charge in [0, 0.05) is 18.5 Å². The van der Waals surface area contributed by atoms with Gasteiger partial charge in [-0.1, -0.05) is 26.0 Å². The third-order valence-electron chi connectivity index (χ3n) is 5.19. The predicted octanol–water partition coefficient (Wildman–Crippen LogP) is 2.08. The third-order valence-corrected chi connectivity index (χ3v) is 5.19. The van der Waals surface area contributed by atoms with Crippen LogP contribution in [0.1, 0.15) is 45.9 Å². The van der Waals surface area contributed by atoms with Crippen LogP contribution in [0.3, 0.4) is 0 Å². The maximum Gasteiger partial charge on any atom is 0.164 e. The summed E-state index contributed by atoms with van der Waals surface area (Å²) >= 11 is 0. The molecule has 0 spiro atoms. The van der Waals surface area contributed by atoms with Crippen LogP contribution in [0.5, 0.6) is 0 Å². The van der Waals surface area contributed by atoms with Crippen LogP contribution in [-0.2, 0) is 12.0 Å². The maximum absolute atomic E-state index is 9.96. The number of hydrogen-bond donors (Lipinski definition) is 3. The lowest BCUT2D eigenvalue weighted by Crippen LogP contribution is -2.31. The molecule has 2 fully saturated rings. The van der Waals surface area contributed by atoms with Crippen molar-refractivity contribution < 1.29 is 5.11 Å². The van der Waals surface area contributed by atoms with Crippen LogP contribution in [0.15, 0.2) is 11.4 Å². The van der Waals surface area contributed by atoms with Gasteiger partial charge in [0.25, 0.3) is 0 Å². The van der Waals surface area contributed by atoms with Crippen molar-refractivity contribution in [2.45, 2.75) is 64.1 Å². The quantitative estimate of drug-likeness (QED) is 0.313. The molecule has 2 aromatic heterocycles. The van der Waals surface area contributed by atoms with Crippen molar-refractivity contribution in [3.8, 4) is 0 Å². The van der Waals surface area contributed by atoms with Crippen molar-refractivity contribution in [2.24, 2.45) is 5.22 Å². The van der Waals surface area contributed by atoms with Gasteiger partial charge in [-0.3, -0.25) is 5.41 Å². The molecule has 1 aliphatic carbocycles. The maximum atomic E-state index is 9.96. The largest absolute Gasteiger partial charge is 0.391 e. The normalized spacial score (nSPS) is 20.0. The van der Waals surface area contributed by atoms with E-state index in [1.165, 1.54) is 5.01 Å². The molecule has 3 heterocycles. The van der Waals surface area contributed by atoms with Crippen LogP contribution >= 0.6 is 0 Å². The SMILES string of the molecule is CC(C)(C)c1nc(N2CCC(O)C2)c2cnn(CC(=N)N(N=N)C3CC3)c2n1. The van der Waals surface area contributed by atoms with E-state index in [9.17, 15) is 5.11 Å². The Hall–Kier alpha value is -2.62. The van der Waals surface area contributed by atoms with E-state index < -0.39 is 0 Å². The Balaban J connectivity index is 1.74. The van der Waals surface area contributed by atoms with Gasteiger partial charge in [-0.2, -0.15) is 10.6 Å². The zero-order valence-corrected chi connectivity index (χ0v) is 16.6. The molecule has 150 valence electrons. The number of amidine groups is 1. The summed E-state index contributed by atoms with van der Waals surface area (Å²) in [5, 5.41) is 28.6. The molecule has 10 nitrogen and oxygen atoms in total. The second-order valence-corrected chi connectivity index (χ2v) is 8.67. The Bertz CT molecular complexity index is 912. The zero-order chi connectivity index (χ0) is 20.1. The van der Waals surface area contributed by atoms with E-state index in [0.29, 0.717) is 18.0 Å². The summed E-state index contributed by atoms with van der Waals surface area (Å²) in [4.78, 5) is 11.7. The van der Waals surface area contributed by atoms with Crippen LogP contribution < -0.4 is 4.90 Å². The molecule has 2 aromatic rings. The molecule has 2 aliphatic rings. The predicted molar refractivity (Wildman–Crippen MR) is 105 cm³/mol. The van der Waals surface area contributed by atoms with Crippen LogP contribution in [-0.4, -0.2) is 60.9 Å². The van der Waals surface area contributed by atoms with Gasteiger partial charge in [0.1, 0.15) is 24.0 Å². The van der Waals surface area contributed by atoms with Gasteiger partial charge in [-0.05, 0) is 19.3 Å². The number of nitrogens with zero attached hydrogens (tertiary/aromatic N) is 7. The number of nitrogens with one attached hydrogen (secondary N) is 2. The number of aliphatic hydroxyl groups excluding tert-OH is 1. The minimum absolute atomic E-state index is 0.160. The lowest BCUT2D eigenvalue weighted by molar-refractivity contribution is 0.198. The first-order valence-corrected chi connectivity index (χ1v) is 9.69. The van der Waals surface area contributed by atoms with Crippen LogP contribution in [0.2, 0.25) is 0 Å². The van der Waals surface area contributed by atoms with Crippen molar-refractivity contribution in [1.29, 1.82) is 10.9 Å². The van der Waals surface area contributed by atoms with Gasteiger partial charge in [-0.15, -0.1) is 0 Å². The fourth-order valence-corrected chi connectivity index (χ4v) is 3.46.